The predicted molar refractivity (Wildman–Crippen MR) is 119 cm³/mol. The van der Waals surface area contributed by atoms with Crippen molar-refractivity contribution >= 4 is 46.8 Å². The molecule has 0 radical (unpaired) electrons. The summed E-state index contributed by atoms with van der Waals surface area (Å²) in [6, 6.07) is 9.21. The van der Waals surface area contributed by atoms with Crippen molar-refractivity contribution in [3.8, 4) is 11.5 Å². The van der Waals surface area contributed by atoms with Gasteiger partial charge in [0, 0.05) is 12.1 Å². The summed E-state index contributed by atoms with van der Waals surface area (Å²) in [6.45, 7) is 3.66. The summed E-state index contributed by atoms with van der Waals surface area (Å²) in [5.41, 5.74) is 0.669. The van der Waals surface area contributed by atoms with Crippen molar-refractivity contribution < 1.29 is 23.5 Å². The van der Waals surface area contributed by atoms with Crippen LogP contribution in [0.5, 0.6) is 11.5 Å². The number of rotatable bonds is 7. The summed E-state index contributed by atoms with van der Waals surface area (Å²) in [7, 11) is 1.44. The molecule has 1 fully saturated rings. The molecule has 0 aromatic heterocycles. The minimum absolute atomic E-state index is 0.0279. The molecule has 2 aromatic carbocycles. The van der Waals surface area contributed by atoms with Gasteiger partial charge in [0.25, 0.3) is 11.8 Å². The highest BCUT2D eigenvalue weighted by molar-refractivity contribution is 7.80. The van der Waals surface area contributed by atoms with Crippen molar-refractivity contribution in [2.24, 2.45) is 0 Å². The van der Waals surface area contributed by atoms with E-state index in [2.05, 4.69) is 11.9 Å². The van der Waals surface area contributed by atoms with Crippen molar-refractivity contribution in [1.29, 1.82) is 0 Å². The number of benzene rings is 2. The van der Waals surface area contributed by atoms with E-state index in [0.29, 0.717) is 17.1 Å². The number of hydrogen-bond donors (Lipinski definition) is 1. The Bertz CT molecular complexity index is 1080. The standard InChI is InChI=1S/C22H18ClFN2O4S/c1-3-9-26-21(28)14(20(27)25-22(26)31)10-13-7-8-18(19(11-13)29-2)30-12-15-16(23)5-4-6-17(15)24/h3-8,10-11H,1,9,12H2,2H3,(H,25,27,31). The Morgan fingerprint density at radius 2 is 2.03 bits per heavy atom. The summed E-state index contributed by atoms with van der Waals surface area (Å²) < 4.78 is 25.0. The van der Waals surface area contributed by atoms with E-state index in [1.165, 1.54) is 36.3 Å². The molecule has 1 aliphatic rings. The van der Waals surface area contributed by atoms with Crippen molar-refractivity contribution in [2.45, 2.75) is 6.61 Å². The number of methoxy groups -OCH3 is 1. The van der Waals surface area contributed by atoms with Gasteiger partial charge < -0.3 is 9.47 Å². The average Bonchev–Trinajstić information content (AvgIpc) is 2.74. The third kappa shape index (κ3) is 4.92. The first-order valence-corrected chi connectivity index (χ1v) is 9.87. The number of amides is 2. The predicted octanol–water partition coefficient (Wildman–Crippen LogP) is 3.88. The number of hydrogen-bond acceptors (Lipinski definition) is 5. The Morgan fingerprint density at radius 1 is 1.26 bits per heavy atom. The minimum atomic E-state index is -0.594. The second-order valence-electron chi connectivity index (χ2n) is 6.42. The maximum atomic E-state index is 14.0. The maximum Gasteiger partial charge on any atom is 0.265 e. The molecular weight excluding hydrogens is 443 g/mol. The van der Waals surface area contributed by atoms with Gasteiger partial charge in [0.05, 0.1) is 12.1 Å². The van der Waals surface area contributed by atoms with Crippen LogP contribution in [0.25, 0.3) is 6.08 Å². The van der Waals surface area contributed by atoms with Crippen LogP contribution >= 0.6 is 23.8 Å². The Morgan fingerprint density at radius 3 is 2.71 bits per heavy atom. The highest BCUT2D eigenvalue weighted by atomic mass is 35.5. The van der Waals surface area contributed by atoms with Crippen molar-refractivity contribution in [1.82, 2.24) is 10.2 Å². The van der Waals surface area contributed by atoms with Crippen LogP contribution in [0.1, 0.15) is 11.1 Å². The molecule has 31 heavy (non-hydrogen) atoms. The number of ether oxygens (including phenoxy) is 2. The summed E-state index contributed by atoms with van der Waals surface area (Å²) in [6.07, 6.45) is 2.94. The molecule has 0 unspecified atom stereocenters. The summed E-state index contributed by atoms with van der Waals surface area (Å²) in [5, 5.41) is 2.76. The molecule has 1 heterocycles. The summed E-state index contributed by atoms with van der Waals surface area (Å²) >= 11 is 11.1. The van der Waals surface area contributed by atoms with Crippen LogP contribution in [-0.4, -0.2) is 35.5 Å². The van der Waals surface area contributed by atoms with Gasteiger partial charge in [0.15, 0.2) is 16.6 Å². The highest BCUT2D eigenvalue weighted by Crippen LogP contribution is 2.31. The smallest absolute Gasteiger partial charge is 0.265 e. The fourth-order valence-electron chi connectivity index (χ4n) is 2.87. The van der Waals surface area contributed by atoms with Crippen molar-refractivity contribution in [2.75, 3.05) is 13.7 Å². The number of carbonyl (C=O) groups is 2. The van der Waals surface area contributed by atoms with Gasteiger partial charge in [0.1, 0.15) is 18.0 Å². The lowest BCUT2D eigenvalue weighted by atomic mass is 10.1. The molecule has 0 spiro atoms. The molecule has 3 rings (SSSR count). The highest BCUT2D eigenvalue weighted by Gasteiger charge is 2.32. The quantitative estimate of drug-likeness (QED) is 0.294. The maximum absolute atomic E-state index is 14.0. The first-order valence-electron chi connectivity index (χ1n) is 9.09. The summed E-state index contributed by atoms with van der Waals surface area (Å²) in [5.74, 6) is -0.913. The Hall–Kier alpha value is -3.23. The van der Waals surface area contributed by atoms with Crippen LogP contribution in [-0.2, 0) is 16.2 Å². The van der Waals surface area contributed by atoms with Crippen LogP contribution in [0.2, 0.25) is 5.02 Å². The van der Waals surface area contributed by atoms with E-state index >= 15 is 0 Å². The molecule has 6 nitrogen and oxygen atoms in total. The molecule has 9 heteroatoms. The number of nitrogens with one attached hydrogen (secondary N) is 1. The molecule has 0 aliphatic carbocycles. The minimum Gasteiger partial charge on any atom is -0.493 e. The zero-order chi connectivity index (χ0) is 22.5. The van der Waals surface area contributed by atoms with Crippen molar-refractivity contribution in [3.05, 3.63) is 76.6 Å². The Balaban J connectivity index is 1.85. The van der Waals surface area contributed by atoms with Gasteiger partial charge in [0.2, 0.25) is 0 Å². The van der Waals surface area contributed by atoms with Crippen LogP contribution in [0.4, 0.5) is 4.39 Å². The van der Waals surface area contributed by atoms with E-state index in [0.717, 1.165) is 0 Å². The van der Waals surface area contributed by atoms with E-state index in [-0.39, 0.29) is 34.4 Å². The Labute approximate surface area is 188 Å². The molecule has 160 valence electrons. The molecule has 1 N–H and O–H groups in total. The molecule has 2 amide bonds. The topological polar surface area (TPSA) is 67.9 Å². The third-order valence-electron chi connectivity index (χ3n) is 4.43. The lowest BCUT2D eigenvalue weighted by Gasteiger charge is -2.27. The molecule has 2 aromatic rings. The first kappa shape index (κ1) is 22.5. The molecule has 1 aliphatic heterocycles. The lowest BCUT2D eigenvalue weighted by molar-refractivity contribution is -0.128. The van der Waals surface area contributed by atoms with Gasteiger partial charge in [-0.25, -0.2) is 4.39 Å². The lowest BCUT2D eigenvalue weighted by Crippen LogP contribution is -2.53. The monoisotopic (exact) mass is 460 g/mol. The van der Waals surface area contributed by atoms with Gasteiger partial charge in [-0.3, -0.25) is 19.8 Å². The normalized spacial score (nSPS) is 15.1. The average molecular weight is 461 g/mol. The molecule has 0 saturated carbocycles. The van der Waals surface area contributed by atoms with E-state index in [4.69, 9.17) is 33.3 Å². The Kier molecular flexibility index (Phi) is 7.04. The fourth-order valence-corrected chi connectivity index (χ4v) is 3.34. The number of halogens is 2. The van der Waals surface area contributed by atoms with Crippen LogP contribution in [0, 0.1) is 5.82 Å². The van der Waals surface area contributed by atoms with Crippen LogP contribution < -0.4 is 14.8 Å². The van der Waals surface area contributed by atoms with E-state index < -0.39 is 17.6 Å². The van der Waals surface area contributed by atoms with E-state index in [1.54, 1.807) is 24.3 Å². The van der Waals surface area contributed by atoms with Crippen molar-refractivity contribution in [3.63, 3.8) is 0 Å². The zero-order valence-corrected chi connectivity index (χ0v) is 18.1. The van der Waals surface area contributed by atoms with Gasteiger partial charge in [-0.1, -0.05) is 29.8 Å². The molecular formula is C22H18ClFN2O4S. The van der Waals surface area contributed by atoms with Gasteiger partial charge >= 0.3 is 0 Å². The first-order chi connectivity index (χ1) is 14.8. The fraction of sp³-hybridized carbons (Fsp3) is 0.136. The summed E-state index contributed by atoms with van der Waals surface area (Å²) in [4.78, 5) is 26.2. The zero-order valence-electron chi connectivity index (χ0n) is 16.5. The van der Waals surface area contributed by atoms with Gasteiger partial charge in [-0.05, 0) is 48.1 Å². The van der Waals surface area contributed by atoms with Crippen LogP contribution in [0.15, 0.2) is 54.6 Å². The van der Waals surface area contributed by atoms with E-state index in [9.17, 15) is 14.0 Å². The number of nitrogens with zero attached hydrogens (tertiary/aromatic N) is 1. The van der Waals surface area contributed by atoms with Gasteiger partial charge in [-0.15, -0.1) is 6.58 Å². The second kappa shape index (κ2) is 9.72. The number of carbonyl (C=O) groups excluding carboxylic acids is 2. The largest absolute Gasteiger partial charge is 0.493 e. The second-order valence-corrected chi connectivity index (χ2v) is 7.21. The van der Waals surface area contributed by atoms with Gasteiger partial charge in [-0.2, -0.15) is 0 Å². The molecule has 0 bridgehead atoms. The molecule has 0 atom stereocenters. The molecule has 1 saturated heterocycles. The third-order valence-corrected chi connectivity index (χ3v) is 5.11. The SMILES string of the molecule is C=CCN1C(=O)C(=Cc2ccc(OCc3c(F)cccc3Cl)c(OC)c2)C(=O)NC1=S. The van der Waals surface area contributed by atoms with E-state index in [1.807, 2.05) is 0 Å². The van der Waals surface area contributed by atoms with Crippen LogP contribution in [0.3, 0.4) is 0 Å². The number of thiocarbonyl (C=S) groups is 1.